The van der Waals surface area contributed by atoms with Crippen molar-refractivity contribution in [1.82, 2.24) is 20.4 Å². The molecule has 15 heavy (non-hydrogen) atoms. The van der Waals surface area contributed by atoms with Crippen molar-refractivity contribution in [2.45, 2.75) is 0 Å². The Morgan fingerprint density at radius 1 is 1.27 bits per heavy atom. The Morgan fingerprint density at radius 3 is 3.00 bits per heavy atom. The third kappa shape index (κ3) is 1.12. The van der Waals surface area contributed by atoms with E-state index in [4.69, 9.17) is 5.84 Å². The number of hydrogen-bond acceptors (Lipinski definition) is 5. The molecule has 0 amide bonds. The summed E-state index contributed by atoms with van der Waals surface area (Å²) in [5.74, 6) is 6.75. The van der Waals surface area contributed by atoms with Gasteiger partial charge in [-0.05, 0) is 12.1 Å². The Bertz CT molecular complexity index is 541. The number of fused-ring (bicyclic) bond motifs is 3. The van der Waals surface area contributed by atoms with Gasteiger partial charge < -0.3 is 5.43 Å². The molecule has 2 heterocycles. The lowest BCUT2D eigenvalue weighted by atomic mass is 10.3. The van der Waals surface area contributed by atoms with Crippen LogP contribution in [0.4, 0.5) is 5.95 Å². The first-order valence-corrected chi connectivity index (χ1v) is 4.56. The van der Waals surface area contributed by atoms with Crippen molar-refractivity contribution in [3.8, 4) is 0 Å². The normalized spacial score (nSPS) is 13.8. The van der Waals surface area contributed by atoms with Gasteiger partial charge in [-0.25, -0.2) is 10.8 Å². The number of hydrazine groups is 2. The SMILES string of the molecule is NNC1=Cn2c(nc3ccccc32)NN1. The van der Waals surface area contributed by atoms with E-state index in [0.717, 1.165) is 17.0 Å². The van der Waals surface area contributed by atoms with Crippen LogP contribution in [-0.4, -0.2) is 9.55 Å². The largest absolute Gasteiger partial charge is 0.308 e. The lowest BCUT2D eigenvalue weighted by molar-refractivity contribution is 0.749. The third-order valence-electron chi connectivity index (χ3n) is 2.32. The van der Waals surface area contributed by atoms with Crippen molar-refractivity contribution in [2.75, 3.05) is 5.43 Å². The maximum atomic E-state index is 5.32. The zero-order chi connectivity index (χ0) is 10.3. The molecule has 1 aliphatic rings. The smallest absolute Gasteiger partial charge is 0.227 e. The highest BCUT2D eigenvalue weighted by molar-refractivity contribution is 5.81. The predicted molar refractivity (Wildman–Crippen MR) is 58.1 cm³/mol. The number of anilines is 1. The maximum absolute atomic E-state index is 5.32. The molecule has 1 aromatic carbocycles. The molecule has 3 rings (SSSR count). The second-order valence-corrected chi connectivity index (χ2v) is 3.23. The fourth-order valence-electron chi connectivity index (χ4n) is 1.62. The Morgan fingerprint density at radius 2 is 2.13 bits per heavy atom. The number of rotatable bonds is 1. The first-order chi connectivity index (χ1) is 7.38. The van der Waals surface area contributed by atoms with Crippen LogP contribution in [0.5, 0.6) is 0 Å². The lowest BCUT2D eigenvalue weighted by Gasteiger charge is -2.17. The summed E-state index contributed by atoms with van der Waals surface area (Å²) in [6.45, 7) is 0. The van der Waals surface area contributed by atoms with Crippen LogP contribution in [0.1, 0.15) is 0 Å². The highest BCUT2D eigenvalue weighted by atomic mass is 15.5. The summed E-state index contributed by atoms with van der Waals surface area (Å²) < 4.78 is 1.93. The highest BCUT2D eigenvalue weighted by Crippen LogP contribution is 2.21. The van der Waals surface area contributed by atoms with Gasteiger partial charge in [0.2, 0.25) is 5.95 Å². The van der Waals surface area contributed by atoms with Gasteiger partial charge in [-0.1, -0.05) is 12.1 Å². The minimum Gasteiger partial charge on any atom is -0.308 e. The molecule has 0 bridgehead atoms. The van der Waals surface area contributed by atoms with Crippen molar-refractivity contribution >= 4 is 23.2 Å². The zero-order valence-electron chi connectivity index (χ0n) is 7.86. The van der Waals surface area contributed by atoms with Crippen LogP contribution in [0.3, 0.4) is 0 Å². The highest BCUT2D eigenvalue weighted by Gasteiger charge is 2.12. The van der Waals surface area contributed by atoms with E-state index < -0.39 is 0 Å². The number of benzene rings is 1. The molecule has 0 radical (unpaired) electrons. The first kappa shape index (κ1) is 8.13. The van der Waals surface area contributed by atoms with Gasteiger partial charge in [0, 0.05) is 0 Å². The fourth-order valence-corrected chi connectivity index (χ4v) is 1.62. The van der Waals surface area contributed by atoms with E-state index in [0.29, 0.717) is 5.82 Å². The molecule has 76 valence electrons. The van der Waals surface area contributed by atoms with E-state index in [1.54, 1.807) is 0 Å². The van der Waals surface area contributed by atoms with Gasteiger partial charge in [0.05, 0.1) is 17.2 Å². The number of nitrogens with zero attached hydrogens (tertiary/aromatic N) is 2. The molecule has 5 N–H and O–H groups in total. The average molecular weight is 202 g/mol. The Hall–Kier alpha value is -2.21. The second kappa shape index (κ2) is 2.89. The third-order valence-corrected chi connectivity index (χ3v) is 2.32. The Balaban J connectivity index is 2.27. The minimum absolute atomic E-state index is 0.686. The molecular formula is C9H10N6. The lowest BCUT2D eigenvalue weighted by Crippen LogP contribution is -2.37. The van der Waals surface area contributed by atoms with Crippen LogP contribution in [-0.2, 0) is 0 Å². The van der Waals surface area contributed by atoms with Crippen molar-refractivity contribution < 1.29 is 0 Å². The van der Waals surface area contributed by atoms with Crippen LogP contribution in [0.2, 0.25) is 0 Å². The number of hydrogen-bond donors (Lipinski definition) is 4. The van der Waals surface area contributed by atoms with E-state index in [-0.39, 0.29) is 0 Å². The summed E-state index contributed by atoms with van der Waals surface area (Å²) in [6.07, 6.45) is 1.85. The Labute approximate surface area is 85.7 Å². The summed E-state index contributed by atoms with van der Waals surface area (Å²) in [5, 5.41) is 0. The molecule has 1 aliphatic heterocycles. The fraction of sp³-hybridized carbons (Fsp3) is 0. The van der Waals surface area contributed by atoms with Crippen LogP contribution in [0.25, 0.3) is 17.2 Å². The average Bonchev–Trinajstić information content (AvgIpc) is 2.66. The molecule has 0 saturated carbocycles. The molecule has 0 unspecified atom stereocenters. The first-order valence-electron chi connectivity index (χ1n) is 4.56. The van der Waals surface area contributed by atoms with Gasteiger partial charge in [0.25, 0.3) is 0 Å². The van der Waals surface area contributed by atoms with E-state index in [2.05, 4.69) is 21.3 Å². The number of imidazole rings is 1. The predicted octanol–water partition coefficient (Wildman–Crippen LogP) is 0.186. The van der Waals surface area contributed by atoms with E-state index >= 15 is 0 Å². The number of para-hydroxylation sites is 2. The van der Waals surface area contributed by atoms with Crippen LogP contribution >= 0.6 is 0 Å². The summed E-state index contributed by atoms with van der Waals surface area (Å²) in [5.41, 5.74) is 10.3. The monoisotopic (exact) mass is 202 g/mol. The van der Waals surface area contributed by atoms with Crippen LogP contribution in [0, 0.1) is 0 Å². The quantitative estimate of drug-likeness (QED) is 0.392. The maximum Gasteiger partial charge on any atom is 0.227 e. The van der Waals surface area contributed by atoms with Crippen LogP contribution < -0.4 is 22.1 Å². The molecule has 6 heteroatoms. The second-order valence-electron chi connectivity index (χ2n) is 3.23. The summed E-state index contributed by atoms with van der Waals surface area (Å²) in [6, 6.07) is 7.90. The van der Waals surface area contributed by atoms with E-state index in [1.165, 1.54) is 0 Å². The standard InChI is InChI=1S/C9H10N6/c10-12-8-5-15-7-4-2-1-3-6(7)11-9(15)14-13-8/h1-5,12-13H,10H2,(H,11,14). The summed E-state index contributed by atoms with van der Waals surface area (Å²) >= 11 is 0. The molecule has 2 aromatic rings. The molecule has 6 nitrogen and oxygen atoms in total. The molecule has 0 atom stereocenters. The van der Waals surface area contributed by atoms with E-state index in [9.17, 15) is 0 Å². The Kier molecular flexibility index (Phi) is 1.57. The van der Waals surface area contributed by atoms with Gasteiger partial charge in [-0.2, -0.15) is 0 Å². The molecular weight excluding hydrogens is 192 g/mol. The van der Waals surface area contributed by atoms with Crippen LogP contribution in [0.15, 0.2) is 30.1 Å². The number of nitrogens with two attached hydrogens (primary N) is 1. The zero-order valence-corrected chi connectivity index (χ0v) is 7.86. The van der Waals surface area contributed by atoms with E-state index in [1.807, 2.05) is 35.0 Å². The molecule has 0 aliphatic carbocycles. The van der Waals surface area contributed by atoms with Gasteiger partial charge in [-0.15, -0.1) is 0 Å². The minimum atomic E-state index is 0.686. The van der Waals surface area contributed by atoms with Crippen molar-refractivity contribution in [2.24, 2.45) is 5.84 Å². The van der Waals surface area contributed by atoms with Gasteiger partial charge in [0.1, 0.15) is 5.82 Å². The van der Waals surface area contributed by atoms with Gasteiger partial charge >= 0.3 is 0 Å². The molecule has 0 fully saturated rings. The molecule has 0 spiro atoms. The van der Waals surface area contributed by atoms with Gasteiger partial charge in [-0.3, -0.25) is 15.4 Å². The number of aromatic nitrogens is 2. The number of nitrogens with one attached hydrogen (secondary N) is 3. The molecule has 0 saturated heterocycles. The topological polar surface area (TPSA) is 79.9 Å². The van der Waals surface area contributed by atoms with Gasteiger partial charge in [0.15, 0.2) is 0 Å². The van der Waals surface area contributed by atoms with Crippen molar-refractivity contribution in [3.63, 3.8) is 0 Å². The summed E-state index contributed by atoms with van der Waals surface area (Å²) in [7, 11) is 0. The molecule has 1 aromatic heterocycles. The summed E-state index contributed by atoms with van der Waals surface area (Å²) in [4.78, 5) is 4.40. The van der Waals surface area contributed by atoms with Crippen molar-refractivity contribution in [1.29, 1.82) is 0 Å². The van der Waals surface area contributed by atoms with Crippen molar-refractivity contribution in [3.05, 3.63) is 30.1 Å².